The molecule has 0 atom stereocenters. The Morgan fingerprint density at radius 1 is 1.06 bits per heavy atom. The summed E-state index contributed by atoms with van der Waals surface area (Å²) in [5.41, 5.74) is 6.33. The van der Waals surface area contributed by atoms with E-state index in [0.29, 0.717) is 23.9 Å². The van der Waals surface area contributed by atoms with Gasteiger partial charge in [0.2, 0.25) is 11.8 Å². The van der Waals surface area contributed by atoms with Gasteiger partial charge in [-0.3, -0.25) is 9.59 Å². The van der Waals surface area contributed by atoms with Crippen molar-refractivity contribution in [2.24, 2.45) is 0 Å². The number of carbonyl (C=O) groups excluding carboxylic acids is 2. The normalized spacial score (nSPS) is 11.0. The monoisotopic (exact) mass is 491 g/mol. The van der Waals surface area contributed by atoms with Crippen LogP contribution in [0.3, 0.4) is 0 Å². The van der Waals surface area contributed by atoms with E-state index in [1.807, 2.05) is 52.8 Å². The van der Waals surface area contributed by atoms with Gasteiger partial charge in [0, 0.05) is 18.8 Å². The van der Waals surface area contributed by atoms with E-state index < -0.39 is 0 Å². The van der Waals surface area contributed by atoms with E-state index in [0.717, 1.165) is 39.2 Å². The van der Waals surface area contributed by atoms with Crippen molar-refractivity contribution in [3.05, 3.63) is 75.7 Å². The Kier molecular flexibility index (Phi) is 8.53. The molecule has 0 bridgehead atoms. The van der Waals surface area contributed by atoms with Gasteiger partial charge >= 0.3 is 0 Å². The molecule has 8 heteroatoms. The van der Waals surface area contributed by atoms with Gasteiger partial charge in [-0.05, 0) is 69.5 Å². The molecule has 2 aromatic carbocycles. The number of hydrogen-bond donors (Lipinski definition) is 1. The van der Waals surface area contributed by atoms with Crippen molar-refractivity contribution in [1.82, 2.24) is 10.1 Å². The van der Waals surface area contributed by atoms with Crippen LogP contribution in [0.15, 0.2) is 40.9 Å². The molecule has 1 aromatic heterocycles. The van der Waals surface area contributed by atoms with E-state index in [2.05, 4.69) is 10.5 Å². The van der Waals surface area contributed by atoms with Crippen LogP contribution in [0.5, 0.6) is 11.5 Å². The molecule has 0 saturated heterocycles. The first kappa shape index (κ1) is 26.5. The number of rotatable bonds is 9. The van der Waals surface area contributed by atoms with Gasteiger partial charge in [-0.25, -0.2) is 0 Å². The molecular weight excluding hydrogens is 458 g/mol. The van der Waals surface area contributed by atoms with Crippen LogP contribution >= 0.6 is 0 Å². The van der Waals surface area contributed by atoms with Gasteiger partial charge in [-0.15, -0.1) is 0 Å². The Labute approximate surface area is 211 Å². The Morgan fingerprint density at radius 2 is 1.75 bits per heavy atom. The third kappa shape index (κ3) is 6.53. The number of nitrogens with one attached hydrogen (secondary N) is 1. The number of nitrogens with zero attached hydrogens (tertiary/aromatic N) is 2. The summed E-state index contributed by atoms with van der Waals surface area (Å²) in [7, 11) is 3.15. The van der Waals surface area contributed by atoms with Gasteiger partial charge in [0.25, 0.3) is 0 Å². The average molecular weight is 492 g/mol. The van der Waals surface area contributed by atoms with E-state index in [4.69, 9.17) is 14.0 Å². The number of aromatic nitrogens is 1. The van der Waals surface area contributed by atoms with Crippen LogP contribution in [-0.2, 0) is 16.2 Å². The minimum Gasteiger partial charge on any atom is -0.493 e. The molecule has 1 heterocycles. The predicted molar refractivity (Wildman–Crippen MR) is 139 cm³/mol. The van der Waals surface area contributed by atoms with E-state index in [-0.39, 0.29) is 18.4 Å². The largest absolute Gasteiger partial charge is 0.493 e. The number of hydrogen-bond acceptors (Lipinski definition) is 6. The van der Waals surface area contributed by atoms with Gasteiger partial charge < -0.3 is 24.2 Å². The molecular formula is C28H33N3O5. The molecule has 0 fully saturated rings. The van der Waals surface area contributed by atoms with Gasteiger partial charge in [-0.1, -0.05) is 28.9 Å². The lowest BCUT2D eigenvalue weighted by Crippen LogP contribution is -2.34. The Morgan fingerprint density at radius 3 is 2.36 bits per heavy atom. The number of methoxy groups -OCH3 is 1. The first-order chi connectivity index (χ1) is 17.1. The minimum atomic E-state index is -0.291. The number of likely N-dealkylation sites (N-methyl/N-ethyl adjacent to an activating group) is 1. The average Bonchev–Trinajstić information content (AvgIpc) is 3.15. The highest BCUT2D eigenvalue weighted by Gasteiger charge is 2.14. The fraction of sp³-hybridized carbons (Fsp3) is 0.321. The number of aryl methyl sites for hydroxylation is 5. The van der Waals surface area contributed by atoms with Crippen LogP contribution in [0.2, 0.25) is 0 Å². The predicted octanol–water partition coefficient (Wildman–Crippen LogP) is 4.91. The summed E-state index contributed by atoms with van der Waals surface area (Å²) in [6.45, 7) is 9.87. The Bertz CT molecular complexity index is 1250. The standard InChI is InChI=1S/C28H33N3O5/c1-17-12-18(2)28(19(3)13-17)29-26(32)15-31(6)27(33)11-9-22-8-10-24(25(14-22)34-7)35-16-23-20(4)30-36-21(23)5/h8-14H,15-16H2,1-7H3,(H,29,32). The zero-order valence-electron chi connectivity index (χ0n) is 21.9. The summed E-state index contributed by atoms with van der Waals surface area (Å²) >= 11 is 0. The second-order valence-electron chi connectivity index (χ2n) is 8.85. The van der Waals surface area contributed by atoms with Crippen molar-refractivity contribution in [2.75, 3.05) is 26.0 Å². The van der Waals surface area contributed by atoms with E-state index in [9.17, 15) is 9.59 Å². The molecule has 2 amide bonds. The summed E-state index contributed by atoms with van der Waals surface area (Å²) in [4.78, 5) is 26.5. The number of carbonyl (C=O) groups is 2. The zero-order valence-corrected chi connectivity index (χ0v) is 21.9. The molecule has 3 aromatic rings. The molecule has 0 saturated carbocycles. The molecule has 0 aliphatic rings. The van der Waals surface area contributed by atoms with Crippen LogP contribution in [0.1, 0.15) is 39.3 Å². The van der Waals surface area contributed by atoms with E-state index in [1.54, 1.807) is 32.4 Å². The first-order valence-corrected chi connectivity index (χ1v) is 11.6. The minimum absolute atomic E-state index is 0.0618. The second-order valence-corrected chi connectivity index (χ2v) is 8.85. The smallest absolute Gasteiger partial charge is 0.246 e. The second kappa shape index (κ2) is 11.6. The van der Waals surface area contributed by atoms with Crippen LogP contribution < -0.4 is 14.8 Å². The van der Waals surface area contributed by atoms with Gasteiger partial charge in [0.15, 0.2) is 11.5 Å². The lowest BCUT2D eigenvalue weighted by molar-refractivity contribution is -0.129. The van der Waals surface area contributed by atoms with Crippen LogP contribution in [0.4, 0.5) is 5.69 Å². The summed E-state index contributed by atoms with van der Waals surface area (Å²) in [5, 5.41) is 6.85. The molecule has 0 unspecified atom stereocenters. The number of ether oxygens (including phenoxy) is 2. The lowest BCUT2D eigenvalue weighted by atomic mass is 10.1. The van der Waals surface area contributed by atoms with Crippen LogP contribution in [0.25, 0.3) is 6.08 Å². The maximum atomic E-state index is 12.6. The molecule has 0 aliphatic heterocycles. The maximum absolute atomic E-state index is 12.6. The SMILES string of the molecule is COc1cc(C=CC(=O)N(C)CC(=O)Nc2c(C)cc(C)cc2C)ccc1OCc1c(C)noc1C. The Balaban J connectivity index is 1.60. The third-order valence-electron chi connectivity index (χ3n) is 5.86. The fourth-order valence-corrected chi connectivity index (χ4v) is 3.91. The quantitative estimate of drug-likeness (QED) is 0.427. The highest BCUT2D eigenvalue weighted by Crippen LogP contribution is 2.30. The molecule has 36 heavy (non-hydrogen) atoms. The van der Waals surface area contributed by atoms with Gasteiger partial charge in [0.1, 0.15) is 12.4 Å². The summed E-state index contributed by atoms with van der Waals surface area (Å²) in [5.74, 6) is 1.27. The molecule has 3 rings (SSSR count). The first-order valence-electron chi connectivity index (χ1n) is 11.6. The van der Waals surface area contributed by atoms with Gasteiger partial charge in [-0.2, -0.15) is 0 Å². The summed E-state index contributed by atoms with van der Waals surface area (Å²) in [6.07, 6.45) is 3.10. The number of amides is 2. The van der Waals surface area contributed by atoms with Gasteiger partial charge in [0.05, 0.1) is 24.9 Å². The van der Waals surface area contributed by atoms with Crippen molar-refractivity contribution < 1.29 is 23.6 Å². The highest BCUT2D eigenvalue weighted by molar-refractivity contribution is 5.98. The van der Waals surface area contributed by atoms with Crippen molar-refractivity contribution in [2.45, 2.75) is 41.2 Å². The Hall–Kier alpha value is -4.07. The molecule has 1 N–H and O–H groups in total. The lowest BCUT2D eigenvalue weighted by Gasteiger charge is -2.17. The van der Waals surface area contributed by atoms with Crippen LogP contribution in [-0.4, -0.2) is 42.6 Å². The molecule has 0 radical (unpaired) electrons. The van der Waals surface area contributed by atoms with Crippen molar-refractivity contribution in [3.8, 4) is 11.5 Å². The number of benzene rings is 2. The van der Waals surface area contributed by atoms with E-state index >= 15 is 0 Å². The number of anilines is 1. The fourth-order valence-electron chi connectivity index (χ4n) is 3.91. The zero-order chi connectivity index (χ0) is 26.4. The van der Waals surface area contributed by atoms with Crippen molar-refractivity contribution in [3.63, 3.8) is 0 Å². The van der Waals surface area contributed by atoms with Crippen molar-refractivity contribution in [1.29, 1.82) is 0 Å². The van der Waals surface area contributed by atoms with E-state index in [1.165, 1.54) is 11.0 Å². The maximum Gasteiger partial charge on any atom is 0.246 e. The molecule has 0 aliphatic carbocycles. The van der Waals surface area contributed by atoms with Crippen molar-refractivity contribution >= 4 is 23.6 Å². The molecule has 0 spiro atoms. The topological polar surface area (TPSA) is 93.9 Å². The molecule has 190 valence electrons. The van der Waals surface area contributed by atoms with Crippen LogP contribution in [0, 0.1) is 34.6 Å². The summed E-state index contributed by atoms with van der Waals surface area (Å²) < 4.78 is 16.5. The molecule has 8 nitrogen and oxygen atoms in total. The third-order valence-corrected chi connectivity index (χ3v) is 5.86. The highest BCUT2D eigenvalue weighted by atomic mass is 16.5. The summed E-state index contributed by atoms with van der Waals surface area (Å²) in [6, 6.07) is 9.42.